The van der Waals surface area contributed by atoms with Gasteiger partial charge in [0, 0.05) is 24.0 Å². The first-order valence-electron chi connectivity index (χ1n) is 3.33. The molecule has 0 aliphatic heterocycles. The van der Waals surface area contributed by atoms with E-state index in [1.165, 1.54) is 0 Å². The Morgan fingerprint density at radius 3 is 3.08 bits per heavy atom. The Kier molecular flexibility index (Phi) is 1.59. The number of nitriles is 1. The second kappa shape index (κ2) is 2.61. The molecule has 3 nitrogen and oxygen atoms in total. The first-order chi connectivity index (χ1) is 5.83. The second-order valence-corrected chi connectivity index (χ2v) is 3.21. The highest BCUT2D eigenvalue weighted by atomic mass is 79.9. The normalized spacial score (nSPS) is 10.0. The zero-order valence-electron chi connectivity index (χ0n) is 6.00. The smallest absolute Gasteiger partial charge is 0.101 e. The van der Waals surface area contributed by atoms with Gasteiger partial charge in [-0.1, -0.05) is 0 Å². The van der Waals surface area contributed by atoms with Gasteiger partial charge in [0.05, 0.1) is 15.6 Å². The summed E-state index contributed by atoms with van der Waals surface area (Å²) >= 11 is 3.34. The standard InChI is InChI=1S/C8H4BrN3/c9-7-4-11-3-6-5(1-10)2-12-8(6)7/h2-4,12H. The zero-order chi connectivity index (χ0) is 8.55. The fourth-order valence-electron chi connectivity index (χ4n) is 1.10. The molecule has 4 heteroatoms. The van der Waals surface area contributed by atoms with Gasteiger partial charge in [0.1, 0.15) is 6.07 Å². The molecule has 0 radical (unpaired) electrons. The van der Waals surface area contributed by atoms with E-state index in [9.17, 15) is 0 Å². The number of halogens is 1. The van der Waals surface area contributed by atoms with Crippen LogP contribution in [0, 0.1) is 11.3 Å². The highest BCUT2D eigenvalue weighted by molar-refractivity contribution is 9.10. The van der Waals surface area contributed by atoms with E-state index < -0.39 is 0 Å². The maximum atomic E-state index is 8.70. The van der Waals surface area contributed by atoms with Crippen molar-refractivity contribution in [3.63, 3.8) is 0 Å². The summed E-state index contributed by atoms with van der Waals surface area (Å²) in [7, 11) is 0. The number of hydrogen-bond donors (Lipinski definition) is 1. The molecule has 0 aromatic carbocycles. The minimum absolute atomic E-state index is 0.624. The molecule has 12 heavy (non-hydrogen) atoms. The van der Waals surface area contributed by atoms with Gasteiger partial charge in [-0.05, 0) is 15.9 Å². The van der Waals surface area contributed by atoms with Crippen LogP contribution in [0.4, 0.5) is 0 Å². The Bertz CT molecular complexity index is 467. The summed E-state index contributed by atoms with van der Waals surface area (Å²) in [6.45, 7) is 0. The van der Waals surface area contributed by atoms with E-state index in [-0.39, 0.29) is 0 Å². The maximum Gasteiger partial charge on any atom is 0.101 e. The Balaban J connectivity index is 2.91. The number of hydrogen-bond acceptors (Lipinski definition) is 2. The SMILES string of the molecule is N#Cc1c[nH]c2c(Br)cncc12. The number of fused-ring (bicyclic) bond motifs is 1. The highest BCUT2D eigenvalue weighted by Crippen LogP contribution is 2.23. The van der Waals surface area contributed by atoms with E-state index in [0.29, 0.717) is 5.56 Å². The van der Waals surface area contributed by atoms with Crippen LogP contribution in [0.15, 0.2) is 23.1 Å². The summed E-state index contributed by atoms with van der Waals surface area (Å²) in [4.78, 5) is 6.97. The van der Waals surface area contributed by atoms with Crippen LogP contribution in [0.25, 0.3) is 10.9 Å². The van der Waals surface area contributed by atoms with Crippen molar-refractivity contribution >= 4 is 26.8 Å². The van der Waals surface area contributed by atoms with E-state index in [1.54, 1.807) is 18.6 Å². The van der Waals surface area contributed by atoms with Crippen LogP contribution in [0.1, 0.15) is 5.56 Å². The lowest BCUT2D eigenvalue weighted by Gasteiger charge is -1.91. The topological polar surface area (TPSA) is 52.5 Å². The van der Waals surface area contributed by atoms with Crippen LogP contribution in [0.2, 0.25) is 0 Å². The van der Waals surface area contributed by atoms with E-state index in [0.717, 1.165) is 15.4 Å². The van der Waals surface area contributed by atoms with Gasteiger partial charge in [0.25, 0.3) is 0 Å². The molecule has 58 valence electrons. The van der Waals surface area contributed by atoms with E-state index in [2.05, 4.69) is 32.0 Å². The van der Waals surface area contributed by atoms with Crippen molar-refractivity contribution in [2.45, 2.75) is 0 Å². The summed E-state index contributed by atoms with van der Waals surface area (Å²) in [6, 6.07) is 2.09. The molecular weight excluding hydrogens is 218 g/mol. The lowest BCUT2D eigenvalue weighted by molar-refractivity contribution is 1.34. The predicted molar refractivity (Wildman–Crippen MR) is 48.5 cm³/mol. The van der Waals surface area contributed by atoms with Crippen LogP contribution >= 0.6 is 15.9 Å². The highest BCUT2D eigenvalue weighted by Gasteiger charge is 2.04. The molecule has 0 unspecified atom stereocenters. The molecular formula is C8H4BrN3. The minimum Gasteiger partial charge on any atom is -0.359 e. The fraction of sp³-hybridized carbons (Fsp3) is 0. The first-order valence-corrected chi connectivity index (χ1v) is 4.13. The number of H-pyrrole nitrogens is 1. The van der Waals surface area contributed by atoms with Gasteiger partial charge in [-0.3, -0.25) is 4.98 Å². The summed E-state index contributed by atoms with van der Waals surface area (Å²) in [5.41, 5.74) is 1.54. The number of nitrogens with zero attached hydrogens (tertiary/aromatic N) is 2. The van der Waals surface area contributed by atoms with Gasteiger partial charge in [-0.25, -0.2) is 0 Å². The summed E-state index contributed by atoms with van der Waals surface area (Å²) in [5, 5.41) is 9.56. The monoisotopic (exact) mass is 221 g/mol. The molecule has 0 aliphatic carbocycles. The molecule has 0 amide bonds. The number of nitrogens with one attached hydrogen (secondary N) is 1. The number of rotatable bonds is 0. The molecule has 0 aliphatic rings. The van der Waals surface area contributed by atoms with Crippen LogP contribution < -0.4 is 0 Å². The third-order valence-corrected chi connectivity index (χ3v) is 2.27. The van der Waals surface area contributed by atoms with Crippen molar-refractivity contribution in [2.24, 2.45) is 0 Å². The predicted octanol–water partition coefficient (Wildman–Crippen LogP) is 2.20. The summed E-state index contributed by atoms with van der Waals surface area (Å²) in [6.07, 6.45) is 5.05. The second-order valence-electron chi connectivity index (χ2n) is 2.36. The van der Waals surface area contributed by atoms with Crippen molar-refractivity contribution in [1.29, 1.82) is 5.26 Å². The Hall–Kier alpha value is -1.34. The number of pyridine rings is 1. The van der Waals surface area contributed by atoms with E-state index in [4.69, 9.17) is 5.26 Å². The van der Waals surface area contributed by atoms with Gasteiger partial charge in [0.15, 0.2) is 0 Å². The lowest BCUT2D eigenvalue weighted by Crippen LogP contribution is -1.75. The molecule has 0 bridgehead atoms. The molecule has 2 heterocycles. The Morgan fingerprint density at radius 2 is 2.33 bits per heavy atom. The van der Waals surface area contributed by atoms with Crippen molar-refractivity contribution < 1.29 is 0 Å². The van der Waals surface area contributed by atoms with Crippen molar-refractivity contribution in [1.82, 2.24) is 9.97 Å². The summed E-state index contributed by atoms with van der Waals surface area (Å²) < 4.78 is 0.876. The maximum absolute atomic E-state index is 8.70. The Morgan fingerprint density at radius 1 is 1.50 bits per heavy atom. The molecule has 0 fully saturated rings. The average molecular weight is 222 g/mol. The van der Waals surface area contributed by atoms with Crippen molar-refractivity contribution in [3.8, 4) is 6.07 Å². The molecule has 2 rings (SSSR count). The molecule has 0 atom stereocenters. The van der Waals surface area contributed by atoms with Crippen LogP contribution in [0.3, 0.4) is 0 Å². The van der Waals surface area contributed by atoms with Crippen LogP contribution in [0.5, 0.6) is 0 Å². The zero-order valence-corrected chi connectivity index (χ0v) is 7.59. The molecule has 0 saturated carbocycles. The van der Waals surface area contributed by atoms with Gasteiger partial charge in [-0.15, -0.1) is 0 Å². The number of aromatic nitrogens is 2. The molecule has 2 aromatic rings. The molecule has 1 N–H and O–H groups in total. The lowest BCUT2D eigenvalue weighted by atomic mass is 10.2. The van der Waals surface area contributed by atoms with Gasteiger partial charge < -0.3 is 4.98 Å². The van der Waals surface area contributed by atoms with Crippen LogP contribution in [-0.2, 0) is 0 Å². The van der Waals surface area contributed by atoms with E-state index in [1.807, 2.05) is 0 Å². The Labute approximate surface area is 77.2 Å². The summed E-state index contributed by atoms with van der Waals surface area (Å²) in [5.74, 6) is 0. The van der Waals surface area contributed by atoms with Crippen LogP contribution in [-0.4, -0.2) is 9.97 Å². The molecule has 0 spiro atoms. The minimum atomic E-state index is 0.624. The van der Waals surface area contributed by atoms with Crippen molar-refractivity contribution in [3.05, 3.63) is 28.6 Å². The van der Waals surface area contributed by atoms with E-state index >= 15 is 0 Å². The largest absolute Gasteiger partial charge is 0.359 e. The third-order valence-electron chi connectivity index (χ3n) is 1.67. The molecule has 0 saturated heterocycles. The third kappa shape index (κ3) is 0.908. The fourth-order valence-corrected chi connectivity index (χ4v) is 1.55. The number of aromatic amines is 1. The quantitative estimate of drug-likeness (QED) is 0.742. The first kappa shape index (κ1) is 7.32. The van der Waals surface area contributed by atoms with Gasteiger partial charge in [-0.2, -0.15) is 5.26 Å². The average Bonchev–Trinajstić information content (AvgIpc) is 2.49. The van der Waals surface area contributed by atoms with Gasteiger partial charge >= 0.3 is 0 Å². The van der Waals surface area contributed by atoms with Gasteiger partial charge in [0.2, 0.25) is 0 Å². The molecule has 2 aromatic heterocycles. The van der Waals surface area contributed by atoms with Crippen molar-refractivity contribution in [2.75, 3.05) is 0 Å².